The maximum atomic E-state index is 4.82. The van der Waals surface area contributed by atoms with Crippen LogP contribution in [0.1, 0.15) is 36.1 Å². The van der Waals surface area contributed by atoms with E-state index in [0.717, 1.165) is 46.1 Å². The molecule has 248 valence electrons. The molecular weight excluding hydrogens is 576 g/mol. The number of rotatable bonds is 10. The average Bonchev–Trinajstić information content (AvgIpc) is 3.96. The Kier molecular flexibility index (Phi) is 17.3. The minimum Gasteiger partial charge on any atom is -0.382 e. The Bertz CT molecular complexity index is 1140. The first-order valence-electron chi connectivity index (χ1n) is 16.1. The van der Waals surface area contributed by atoms with Crippen molar-refractivity contribution in [2.75, 3.05) is 61.0 Å². The van der Waals surface area contributed by atoms with Crippen molar-refractivity contribution in [3.63, 3.8) is 0 Å². The highest BCUT2D eigenvalue weighted by molar-refractivity contribution is 5.49. The fraction of sp³-hybridized carbons (Fsp3) is 0.400. The third-order valence-corrected chi connectivity index (χ3v) is 7.57. The number of hydrogen-bond donors (Lipinski definition) is 0. The lowest BCUT2D eigenvalue weighted by Crippen LogP contribution is -2.25. The molecule has 6 heteroatoms. The normalized spacial score (nSPS) is 18.4. The Labute approximate surface area is 276 Å². The van der Waals surface area contributed by atoms with Gasteiger partial charge in [0.2, 0.25) is 0 Å². The van der Waals surface area contributed by atoms with Gasteiger partial charge >= 0.3 is 0 Å². The molecule has 6 nitrogen and oxygen atoms in total. The zero-order valence-corrected chi connectivity index (χ0v) is 28.2. The van der Waals surface area contributed by atoms with Crippen molar-refractivity contribution in [1.29, 1.82) is 0 Å². The predicted octanol–water partition coefficient (Wildman–Crippen LogP) is 7.38. The lowest BCUT2D eigenvalue weighted by molar-refractivity contribution is 0.171. The summed E-state index contributed by atoms with van der Waals surface area (Å²) in [5.41, 5.74) is 5.24. The maximum absolute atomic E-state index is 4.82. The van der Waals surface area contributed by atoms with E-state index in [4.69, 9.17) is 28.4 Å². The van der Waals surface area contributed by atoms with Crippen LogP contribution in [-0.2, 0) is 40.3 Å². The molecule has 3 unspecified atom stereocenters. The molecule has 4 aromatic rings. The van der Waals surface area contributed by atoms with Gasteiger partial charge in [-0.05, 0) is 35.6 Å². The zero-order chi connectivity index (χ0) is 32.9. The molecule has 0 N–H and O–H groups in total. The van der Waals surface area contributed by atoms with Gasteiger partial charge in [-0.1, -0.05) is 128 Å². The van der Waals surface area contributed by atoms with Crippen LogP contribution in [0.4, 0.5) is 0 Å². The number of benzene rings is 4. The van der Waals surface area contributed by atoms with Gasteiger partial charge in [0.1, 0.15) is 18.3 Å². The van der Waals surface area contributed by atoms with Gasteiger partial charge in [0.15, 0.2) is 0 Å². The SMILES string of the molecule is CC(c1ccccc1)(c1ccccc1)c1ccccc1.CCc1ccccc1.COCC1CO1.COCC1CO1.COCC1CO1. The molecule has 3 atom stereocenters. The van der Waals surface area contributed by atoms with E-state index in [9.17, 15) is 0 Å². The Morgan fingerprint density at radius 3 is 0.935 bits per heavy atom. The highest BCUT2D eigenvalue weighted by Gasteiger charge is 2.30. The number of ether oxygens (including phenoxy) is 6. The number of methoxy groups -OCH3 is 3. The van der Waals surface area contributed by atoms with Gasteiger partial charge in [0.25, 0.3) is 0 Å². The first-order valence-corrected chi connectivity index (χ1v) is 16.1. The van der Waals surface area contributed by atoms with Crippen LogP contribution in [0.5, 0.6) is 0 Å². The Balaban J connectivity index is 0.000000181. The molecule has 46 heavy (non-hydrogen) atoms. The van der Waals surface area contributed by atoms with E-state index in [-0.39, 0.29) is 5.41 Å². The molecule has 3 aliphatic rings. The molecule has 0 saturated carbocycles. The van der Waals surface area contributed by atoms with E-state index in [0.29, 0.717) is 18.3 Å². The minimum absolute atomic E-state index is 0.121. The molecule has 0 spiro atoms. The van der Waals surface area contributed by atoms with Crippen LogP contribution in [0.15, 0.2) is 121 Å². The molecule has 3 heterocycles. The monoisotopic (exact) mass is 628 g/mol. The van der Waals surface area contributed by atoms with Crippen molar-refractivity contribution < 1.29 is 28.4 Å². The van der Waals surface area contributed by atoms with Crippen molar-refractivity contribution in [2.24, 2.45) is 0 Å². The average molecular weight is 629 g/mol. The standard InChI is InChI=1S/C20H18.C8H10.3C4H8O2/c1-20(17-11-5-2-6-12-17,18-13-7-3-8-14-18)19-15-9-4-10-16-19;1-2-8-6-4-3-5-7-8;3*1-5-2-4-3-6-4/h2-16H,1H3;3-7H,2H2,1H3;3*4H,2-3H2,1H3. The second kappa shape index (κ2) is 21.4. The summed E-state index contributed by atoms with van der Waals surface area (Å²) in [6.07, 6.45) is 2.42. The highest BCUT2D eigenvalue weighted by atomic mass is 16.6. The zero-order valence-electron chi connectivity index (χ0n) is 28.2. The molecule has 0 aliphatic carbocycles. The fourth-order valence-corrected chi connectivity index (χ4v) is 4.58. The van der Waals surface area contributed by atoms with Crippen LogP contribution in [-0.4, -0.2) is 79.3 Å². The third-order valence-electron chi connectivity index (χ3n) is 7.57. The summed E-state index contributed by atoms with van der Waals surface area (Å²) in [6, 6.07) is 42.6. The molecule has 0 amide bonds. The lowest BCUT2D eigenvalue weighted by Gasteiger charge is -2.31. The van der Waals surface area contributed by atoms with Crippen LogP contribution in [0.2, 0.25) is 0 Å². The van der Waals surface area contributed by atoms with Gasteiger partial charge in [-0.3, -0.25) is 0 Å². The van der Waals surface area contributed by atoms with E-state index in [1.165, 1.54) is 22.3 Å². The van der Waals surface area contributed by atoms with E-state index >= 15 is 0 Å². The van der Waals surface area contributed by atoms with Gasteiger partial charge in [0, 0.05) is 26.7 Å². The summed E-state index contributed by atoms with van der Waals surface area (Å²) >= 11 is 0. The molecule has 7 rings (SSSR count). The molecule has 4 aromatic carbocycles. The summed E-state index contributed by atoms with van der Waals surface area (Å²) in [5.74, 6) is 0. The quantitative estimate of drug-likeness (QED) is 0.135. The van der Waals surface area contributed by atoms with Crippen LogP contribution < -0.4 is 0 Å². The van der Waals surface area contributed by atoms with E-state index in [1.54, 1.807) is 21.3 Å². The predicted molar refractivity (Wildman–Crippen MR) is 186 cm³/mol. The molecule has 0 aromatic heterocycles. The van der Waals surface area contributed by atoms with Gasteiger partial charge in [-0.15, -0.1) is 0 Å². The van der Waals surface area contributed by atoms with Gasteiger partial charge < -0.3 is 28.4 Å². The van der Waals surface area contributed by atoms with Crippen LogP contribution in [0.3, 0.4) is 0 Å². The van der Waals surface area contributed by atoms with Crippen molar-refractivity contribution in [3.05, 3.63) is 144 Å². The summed E-state index contributed by atoms with van der Waals surface area (Å²) in [6.45, 7) is 9.44. The van der Waals surface area contributed by atoms with Crippen LogP contribution in [0, 0.1) is 0 Å². The van der Waals surface area contributed by atoms with Gasteiger partial charge in [0.05, 0.1) is 39.6 Å². The molecule has 0 bridgehead atoms. The third kappa shape index (κ3) is 14.4. The Hall–Kier alpha value is -3.36. The van der Waals surface area contributed by atoms with Crippen molar-refractivity contribution in [3.8, 4) is 0 Å². The first kappa shape index (κ1) is 37.1. The van der Waals surface area contributed by atoms with Crippen molar-refractivity contribution in [1.82, 2.24) is 0 Å². The van der Waals surface area contributed by atoms with Gasteiger partial charge in [-0.2, -0.15) is 0 Å². The lowest BCUT2D eigenvalue weighted by atomic mass is 9.71. The Morgan fingerprint density at radius 1 is 0.500 bits per heavy atom. The minimum atomic E-state index is -0.121. The summed E-state index contributed by atoms with van der Waals surface area (Å²) in [4.78, 5) is 0. The molecule has 0 radical (unpaired) electrons. The second-order valence-electron chi connectivity index (χ2n) is 11.3. The van der Waals surface area contributed by atoms with Crippen molar-refractivity contribution in [2.45, 2.75) is 44.0 Å². The molecule has 3 saturated heterocycles. The number of epoxide rings is 3. The van der Waals surface area contributed by atoms with E-state index in [2.05, 4.69) is 129 Å². The summed E-state index contributed by atoms with van der Waals surface area (Å²) in [5, 5.41) is 0. The molecule has 3 fully saturated rings. The smallest absolute Gasteiger partial charge is 0.104 e. The largest absolute Gasteiger partial charge is 0.382 e. The first-order chi connectivity index (χ1) is 22.5. The maximum Gasteiger partial charge on any atom is 0.104 e. The summed E-state index contributed by atoms with van der Waals surface area (Å²) < 4.78 is 28.7. The van der Waals surface area contributed by atoms with E-state index < -0.39 is 0 Å². The highest BCUT2D eigenvalue weighted by Crippen LogP contribution is 2.38. The molecular formula is C40H52O6. The van der Waals surface area contributed by atoms with E-state index in [1.807, 2.05) is 6.07 Å². The van der Waals surface area contributed by atoms with Crippen LogP contribution >= 0.6 is 0 Å². The summed E-state index contributed by atoms with van der Waals surface area (Å²) in [7, 11) is 5.05. The van der Waals surface area contributed by atoms with Crippen LogP contribution in [0.25, 0.3) is 0 Å². The molecule has 3 aliphatic heterocycles. The fourth-order valence-electron chi connectivity index (χ4n) is 4.58. The number of hydrogen-bond acceptors (Lipinski definition) is 6. The topological polar surface area (TPSA) is 65.3 Å². The number of aryl methyl sites for hydroxylation is 1. The second-order valence-corrected chi connectivity index (χ2v) is 11.3. The van der Waals surface area contributed by atoms with Crippen molar-refractivity contribution >= 4 is 0 Å². The van der Waals surface area contributed by atoms with Gasteiger partial charge in [-0.25, -0.2) is 0 Å². The Morgan fingerprint density at radius 2 is 0.761 bits per heavy atom.